The molecule has 1 aromatic heterocycles. The summed E-state index contributed by atoms with van der Waals surface area (Å²) < 4.78 is 5.28. The Morgan fingerprint density at radius 3 is 3.28 bits per heavy atom. The van der Waals surface area contributed by atoms with E-state index >= 15 is 0 Å². The number of hydrogen-bond donors (Lipinski definition) is 2. The molecule has 1 saturated heterocycles. The van der Waals surface area contributed by atoms with Crippen molar-refractivity contribution in [3.05, 3.63) is 24.0 Å². The Morgan fingerprint density at radius 1 is 1.72 bits per heavy atom. The molecule has 1 atom stereocenters. The Hall–Kier alpha value is -1.66. The molecule has 0 spiro atoms. The van der Waals surface area contributed by atoms with Crippen LogP contribution in [-0.2, 0) is 16.1 Å². The predicted octanol–water partition coefficient (Wildman–Crippen LogP) is -0.191. The number of pyridine rings is 1. The maximum atomic E-state index is 11.3. The second kappa shape index (κ2) is 5.79. The quantitative estimate of drug-likeness (QED) is 0.774. The average Bonchev–Trinajstić information content (AvgIpc) is 2.39. The smallest absolute Gasteiger partial charge is 0.237 e. The molecule has 0 bridgehead atoms. The summed E-state index contributed by atoms with van der Waals surface area (Å²) >= 11 is 0. The molecule has 2 heterocycles. The van der Waals surface area contributed by atoms with Crippen molar-refractivity contribution in [2.24, 2.45) is 5.73 Å². The van der Waals surface area contributed by atoms with Gasteiger partial charge in [-0.05, 0) is 12.1 Å². The van der Waals surface area contributed by atoms with E-state index in [4.69, 9.17) is 10.5 Å². The molecule has 1 aliphatic rings. The third kappa shape index (κ3) is 2.96. The van der Waals surface area contributed by atoms with Gasteiger partial charge in [0.2, 0.25) is 5.91 Å². The Kier molecular flexibility index (Phi) is 4.11. The van der Waals surface area contributed by atoms with Gasteiger partial charge in [0, 0.05) is 32.0 Å². The Morgan fingerprint density at radius 2 is 2.56 bits per heavy atom. The van der Waals surface area contributed by atoms with Gasteiger partial charge in [0.15, 0.2) is 0 Å². The zero-order chi connectivity index (χ0) is 13.0. The fourth-order valence-corrected chi connectivity index (χ4v) is 2.02. The molecule has 0 radical (unpaired) electrons. The summed E-state index contributed by atoms with van der Waals surface area (Å²) in [5.74, 6) is -0.348. The minimum absolute atomic E-state index is 0.348. The van der Waals surface area contributed by atoms with Crippen LogP contribution in [0.3, 0.4) is 0 Å². The summed E-state index contributed by atoms with van der Waals surface area (Å²) in [6, 6.07) is 3.50. The van der Waals surface area contributed by atoms with Crippen molar-refractivity contribution >= 4 is 11.6 Å². The van der Waals surface area contributed by atoms with Gasteiger partial charge in [0.25, 0.3) is 0 Å². The maximum absolute atomic E-state index is 11.3. The van der Waals surface area contributed by atoms with E-state index in [1.165, 1.54) is 0 Å². The Labute approximate surface area is 106 Å². The number of hydrogen-bond acceptors (Lipinski definition) is 5. The zero-order valence-corrected chi connectivity index (χ0v) is 10.4. The predicted molar refractivity (Wildman–Crippen MR) is 68.0 cm³/mol. The molecule has 18 heavy (non-hydrogen) atoms. The number of rotatable bonds is 4. The van der Waals surface area contributed by atoms with Crippen LogP contribution in [0.1, 0.15) is 5.69 Å². The molecule has 6 nitrogen and oxygen atoms in total. The molecule has 0 aromatic carbocycles. The van der Waals surface area contributed by atoms with E-state index in [1.807, 2.05) is 24.1 Å². The summed E-state index contributed by atoms with van der Waals surface area (Å²) in [5.41, 5.74) is 7.29. The number of nitrogens with two attached hydrogens (primary N) is 1. The first kappa shape index (κ1) is 12.8. The van der Waals surface area contributed by atoms with Crippen molar-refractivity contribution in [1.29, 1.82) is 0 Å². The molecule has 1 unspecified atom stereocenters. The van der Waals surface area contributed by atoms with E-state index < -0.39 is 0 Å². The van der Waals surface area contributed by atoms with E-state index in [-0.39, 0.29) is 11.9 Å². The number of aromatic nitrogens is 1. The number of anilines is 1. The van der Waals surface area contributed by atoms with Crippen molar-refractivity contribution in [3.63, 3.8) is 0 Å². The van der Waals surface area contributed by atoms with Gasteiger partial charge in [-0.3, -0.25) is 14.7 Å². The van der Waals surface area contributed by atoms with Gasteiger partial charge < -0.3 is 15.8 Å². The zero-order valence-electron chi connectivity index (χ0n) is 10.4. The van der Waals surface area contributed by atoms with Crippen LogP contribution in [0.5, 0.6) is 0 Å². The van der Waals surface area contributed by atoms with Crippen LogP contribution in [0.25, 0.3) is 0 Å². The number of amides is 1. The summed E-state index contributed by atoms with van der Waals surface area (Å²) in [6.45, 7) is 2.28. The van der Waals surface area contributed by atoms with E-state index in [0.29, 0.717) is 26.3 Å². The van der Waals surface area contributed by atoms with Crippen molar-refractivity contribution in [2.45, 2.75) is 12.6 Å². The van der Waals surface area contributed by atoms with Gasteiger partial charge in [0.05, 0.1) is 18.9 Å². The van der Waals surface area contributed by atoms with Gasteiger partial charge in [-0.2, -0.15) is 0 Å². The second-order valence-corrected chi connectivity index (χ2v) is 4.25. The van der Waals surface area contributed by atoms with Crippen molar-refractivity contribution < 1.29 is 9.53 Å². The standard InChI is InChI=1S/C12H18N4O2/c1-14-9-2-3-15-10(6-9)7-16-4-5-18-8-11(16)12(13)17/h2-3,6,11H,4-5,7-8H2,1H3,(H2,13,17)(H,14,15). The lowest BCUT2D eigenvalue weighted by atomic mass is 10.2. The lowest BCUT2D eigenvalue weighted by Gasteiger charge is -2.33. The molecular formula is C12H18N4O2. The minimum atomic E-state index is -0.362. The lowest BCUT2D eigenvalue weighted by Crippen LogP contribution is -2.51. The van der Waals surface area contributed by atoms with Crippen LogP contribution in [0.4, 0.5) is 5.69 Å². The first-order valence-corrected chi connectivity index (χ1v) is 5.94. The Balaban J connectivity index is 2.08. The summed E-state index contributed by atoms with van der Waals surface area (Å²) in [7, 11) is 1.86. The number of carbonyl (C=O) groups excluding carboxylic acids is 1. The largest absolute Gasteiger partial charge is 0.388 e. The molecular weight excluding hydrogens is 232 g/mol. The molecule has 98 valence electrons. The fraction of sp³-hybridized carbons (Fsp3) is 0.500. The molecule has 1 amide bonds. The van der Waals surface area contributed by atoms with Crippen LogP contribution >= 0.6 is 0 Å². The highest BCUT2D eigenvalue weighted by molar-refractivity contribution is 5.80. The highest BCUT2D eigenvalue weighted by atomic mass is 16.5. The van der Waals surface area contributed by atoms with Crippen LogP contribution in [0.2, 0.25) is 0 Å². The minimum Gasteiger partial charge on any atom is -0.388 e. The van der Waals surface area contributed by atoms with Crippen molar-refractivity contribution in [1.82, 2.24) is 9.88 Å². The monoisotopic (exact) mass is 250 g/mol. The highest BCUT2D eigenvalue weighted by Crippen LogP contribution is 2.13. The van der Waals surface area contributed by atoms with E-state index in [0.717, 1.165) is 11.4 Å². The van der Waals surface area contributed by atoms with Crippen molar-refractivity contribution in [3.8, 4) is 0 Å². The molecule has 1 aromatic rings. The number of carbonyl (C=O) groups is 1. The number of nitrogens with zero attached hydrogens (tertiary/aromatic N) is 2. The van der Waals surface area contributed by atoms with Gasteiger partial charge in [0.1, 0.15) is 6.04 Å². The van der Waals surface area contributed by atoms with Crippen molar-refractivity contribution in [2.75, 3.05) is 32.1 Å². The van der Waals surface area contributed by atoms with E-state index in [1.54, 1.807) is 6.20 Å². The number of nitrogens with one attached hydrogen (secondary N) is 1. The van der Waals surface area contributed by atoms with Gasteiger partial charge >= 0.3 is 0 Å². The third-order valence-corrected chi connectivity index (χ3v) is 3.04. The normalized spacial score (nSPS) is 20.6. The van der Waals surface area contributed by atoms with E-state index in [2.05, 4.69) is 10.3 Å². The lowest BCUT2D eigenvalue weighted by molar-refractivity contribution is -0.129. The third-order valence-electron chi connectivity index (χ3n) is 3.04. The van der Waals surface area contributed by atoms with Crippen LogP contribution in [0.15, 0.2) is 18.3 Å². The first-order chi connectivity index (χ1) is 8.70. The highest BCUT2D eigenvalue weighted by Gasteiger charge is 2.27. The van der Waals surface area contributed by atoms with Crippen LogP contribution < -0.4 is 11.1 Å². The second-order valence-electron chi connectivity index (χ2n) is 4.25. The molecule has 6 heteroatoms. The molecule has 1 fully saturated rings. The van der Waals surface area contributed by atoms with Gasteiger partial charge in [-0.25, -0.2) is 0 Å². The average molecular weight is 250 g/mol. The summed E-state index contributed by atoms with van der Waals surface area (Å²) in [5, 5.41) is 3.06. The summed E-state index contributed by atoms with van der Waals surface area (Å²) in [4.78, 5) is 17.7. The SMILES string of the molecule is CNc1ccnc(CN2CCOCC2C(N)=O)c1. The maximum Gasteiger partial charge on any atom is 0.237 e. The molecule has 1 aliphatic heterocycles. The van der Waals surface area contributed by atoms with E-state index in [9.17, 15) is 4.79 Å². The topological polar surface area (TPSA) is 80.5 Å². The number of morpholine rings is 1. The van der Waals surface area contributed by atoms with Crippen LogP contribution in [0, 0.1) is 0 Å². The molecule has 3 N–H and O–H groups in total. The summed E-state index contributed by atoms with van der Waals surface area (Å²) in [6.07, 6.45) is 1.75. The van der Waals surface area contributed by atoms with Crippen LogP contribution in [-0.4, -0.2) is 48.6 Å². The number of ether oxygens (including phenoxy) is 1. The van der Waals surface area contributed by atoms with Gasteiger partial charge in [-0.15, -0.1) is 0 Å². The molecule has 0 aliphatic carbocycles. The fourth-order valence-electron chi connectivity index (χ4n) is 2.02. The number of primary amides is 1. The Bertz CT molecular complexity index is 424. The van der Waals surface area contributed by atoms with Gasteiger partial charge in [-0.1, -0.05) is 0 Å². The first-order valence-electron chi connectivity index (χ1n) is 5.94. The molecule has 2 rings (SSSR count). The molecule has 0 saturated carbocycles.